The Morgan fingerprint density at radius 3 is 2.40 bits per heavy atom. The molecule has 0 aliphatic rings. The number of nitrogens with zero attached hydrogens (tertiary/aromatic N) is 2. The molecule has 168 valence electrons. The second-order valence-electron chi connectivity index (χ2n) is 7.15. The number of sulfonamides is 1. The van der Waals surface area contributed by atoms with Gasteiger partial charge in [-0.2, -0.15) is 0 Å². The van der Waals surface area contributed by atoms with Crippen LogP contribution in [0.15, 0.2) is 29.3 Å². The van der Waals surface area contributed by atoms with Crippen molar-refractivity contribution in [3.63, 3.8) is 0 Å². The summed E-state index contributed by atoms with van der Waals surface area (Å²) in [6, 6.07) is 7.42. The van der Waals surface area contributed by atoms with E-state index >= 15 is 0 Å². The minimum Gasteiger partial charge on any atom is -0.356 e. The monoisotopic (exact) mass is 565 g/mol. The molecular weight excluding hydrogens is 533 g/mol. The molecule has 0 aliphatic carbocycles. The Morgan fingerprint density at radius 1 is 1.17 bits per heavy atom. The number of guanidine groups is 1. The Hall–Kier alpha value is -1.24. The van der Waals surface area contributed by atoms with Gasteiger partial charge in [-0.3, -0.25) is 4.99 Å². The highest BCUT2D eigenvalue weighted by atomic mass is 127. The normalized spacial score (nSPS) is 12.0. The maximum Gasteiger partial charge on any atom is 0.216 e. The number of aryl methyl sites for hydroxylation is 2. The van der Waals surface area contributed by atoms with Crippen LogP contribution in [0.25, 0.3) is 0 Å². The average Bonchev–Trinajstić information content (AvgIpc) is 2.95. The molecule has 0 aliphatic heterocycles. The molecule has 0 unspecified atom stereocenters. The Bertz CT molecular complexity index is 923. The third kappa shape index (κ3) is 8.86. The summed E-state index contributed by atoms with van der Waals surface area (Å²) < 4.78 is 27.2. The molecule has 7 nitrogen and oxygen atoms in total. The summed E-state index contributed by atoms with van der Waals surface area (Å²) >= 11 is 1.72. The summed E-state index contributed by atoms with van der Waals surface area (Å²) in [6.45, 7) is 8.95. The van der Waals surface area contributed by atoms with Crippen LogP contribution in [0.1, 0.15) is 40.6 Å². The van der Waals surface area contributed by atoms with Crippen LogP contribution in [0.4, 0.5) is 0 Å². The molecule has 0 atom stereocenters. The van der Waals surface area contributed by atoms with E-state index in [0.717, 1.165) is 34.8 Å². The average molecular weight is 566 g/mol. The van der Waals surface area contributed by atoms with Gasteiger partial charge < -0.3 is 10.6 Å². The molecule has 0 spiro atoms. The summed E-state index contributed by atoms with van der Waals surface area (Å²) in [5.74, 6) is 0.630. The molecule has 30 heavy (non-hydrogen) atoms. The molecule has 0 radical (unpaired) electrons. The van der Waals surface area contributed by atoms with Crippen molar-refractivity contribution in [2.45, 2.75) is 52.5 Å². The van der Waals surface area contributed by atoms with E-state index in [1.165, 1.54) is 4.88 Å². The number of hydrogen-bond donors (Lipinski definition) is 3. The molecule has 0 saturated carbocycles. The molecule has 1 aromatic carbocycles. The molecule has 0 amide bonds. The summed E-state index contributed by atoms with van der Waals surface area (Å²) in [5, 5.41) is 7.66. The Kier molecular flexibility index (Phi) is 11.2. The van der Waals surface area contributed by atoms with Gasteiger partial charge in [-0.15, -0.1) is 35.3 Å². The third-order valence-corrected chi connectivity index (χ3v) is 6.91. The lowest BCUT2D eigenvalue weighted by Gasteiger charge is -2.15. The summed E-state index contributed by atoms with van der Waals surface area (Å²) in [4.78, 5) is 10.0. The first-order chi connectivity index (χ1) is 13.7. The van der Waals surface area contributed by atoms with Crippen molar-refractivity contribution in [3.8, 4) is 0 Å². The standard InChI is InChI=1S/C20H31N5O2S2.HI/c1-14(2)25-29(26,27)13-18-9-7-6-8-17(18)12-23-20(21-5)22-11-10-19-24-15(3)16(4)28-19;/h6-9,14,25H,10-13H2,1-5H3,(H2,21,22,23);1H. The first-order valence-corrected chi connectivity index (χ1v) is 12.1. The van der Waals surface area contributed by atoms with Crippen LogP contribution in [-0.2, 0) is 28.7 Å². The summed E-state index contributed by atoms with van der Waals surface area (Å²) in [6.07, 6.45) is 0.829. The lowest BCUT2D eigenvalue weighted by atomic mass is 10.1. The molecule has 3 N–H and O–H groups in total. The van der Waals surface area contributed by atoms with E-state index in [1.807, 2.05) is 45.0 Å². The third-order valence-electron chi connectivity index (χ3n) is 4.25. The fourth-order valence-corrected chi connectivity index (χ4v) is 5.24. The molecule has 1 heterocycles. The fraction of sp³-hybridized carbons (Fsp3) is 0.500. The van der Waals surface area contributed by atoms with Gasteiger partial charge in [0.05, 0.1) is 16.5 Å². The van der Waals surface area contributed by atoms with Gasteiger partial charge in [0.25, 0.3) is 0 Å². The molecular formula is C20H32IN5O2S2. The molecule has 2 aromatic rings. The molecule has 10 heteroatoms. The zero-order valence-corrected chi connectivity index (χ0v) is 22.1. The van der Waals surface area contributed by atoms with Crippen molar-refractivity contribution in [1.82, 2.24) is 20.3 Å². The van der Waals surface area contributed by atoms with E-state index in [9.17, 15) is 8.42 Å². The molecule has 1 aromatic heterocycles. The van der Waals surface area contributed by atoms with Crippen LogP contribution in [0.3, 0.4) is 0 Å². The number of hydrogen-bond acceptors (Lipinski definition) is 5. The Morgan fingerprint density at radius 2 is 1.83 bits per heavy atom. The largest absolute Gasteiger partial charge is 0.356 e. The van der Waals surface area contributed by atoms with Crippen molar-refractivity contribution in [3.05, 3.63) is 51.0 Å². The second-order valence-corrected chi connectivity index (χ2v) is 10.2. The van der Waals surface area contributed by atoms with E-state index in [0.29, 0.717) is 12.5 Å². The molecule has 0 saturated heterocycles. The summed E-state index contributed by atoms with van der Waals surface area (Å²) in [7, 11) is -1.66. The van der Waals surface area contributed by atoms with Gasteiger partial charge in [0.1, 0.15) is 0 Å². The highest BCUT2D eigenvalue weighted by molar-refractivity contribution is 14.0. The first kappa shape index (κ1) is 26.8. The first-order valence-electron chi connectivity index (χ1n) is 9.64. The van der Waals surface area contributed by atoms with Crippen molar-refractivity contribution in [1.29, 1.82) is 0 Å². The highest BCUT2D eigenvalue weighted by Gasteiger charge is 2.15. The SMILES string of the molecule is CN=C(NCCc1nc(C)c(C)s1)NCc1ccccc1CS(=O)(=O)NC(C)C.I. The van der Waals surface area contributed by atoms with Crippen LogP contribution < -0.4 is 15.4 Å². The number of thiazole rings is 1. The van der Waals surface area contributed by atoms with Crippen molar-refractivity contribution in [2.75, 3.05) is 13.6 Å². The predicted molar refractivity (Wildman–Crippen MR) is 136 cm³/mol. The highest BCUT2D eigenvalue weighted by Crippen LogP contribution is 2.16. The number of aromatic nitrogens is 1. The number of benzene rings is 1. The van der Waals surface area contributed by atoms with Gasteiger partial charge in [0, 0.05) is 37.5 Å². The minimum atomic E-state index is -3.38. The van der Waals surface area contributed by atoms with Crippen LogP contribution >= 0.6 is 35.3 Å². The molecule has 2 rings (SSSR count). The molecule has 0 fully saturated rings. The van der Waals surface area contributed by atoms with Crippen LogP contribution in [0.2, 0.25) is 0 Å². The lowest BCUT2D eigenvalue weighted by Crippen LogP contribution is -2.38. The van der Waals surface area contributed by atoms with Crippen LogP contribution in [-0.4, -0.2) is 39.0 Å². The minimum absolute atomic E-state index is 0. The summed E-state index contributed by atoms with van der Waals surface area (Å²) in [5.41, 5.74) is 2.79. The number of nitrogens with one attached hydrogen (secondary N) is 3. The van der Waals surface area contributed by atoms with Gasteiger partial charge in [-0.1, -0.05) is 24.3 Å². The second kappa shape index (κ2) is 12.6. The molecule has 0 bridgehead atoms. The predicted octanol–water partition coefficient (Wildman–Crippen LogP) is 3.11. The number of rotatable bonds is 9. The van der Waals surface area contributed by atoms with E-state index in [1.54, 1.807) is 18.4 Å². The maximum atomic E-state index is 12.3. The Labute approximate surface area is 201 Å². The van der Waals surface area contributed by atoms with E-state index in [-0.39, 0.29) is 35.8 Å². The van der Waals surface area contributed by atoms with Gasteiger partial charge in [0.2, 0.25) is 10.0 Å². The lowest BCUT2D eigenvalue weighted by molar-refractivity contribution is 0.568. The van der Waals surface area contributed by atoms with Crippen LogP contribution in [0, 0.1) is 13.8 Å². The van der Waals surface area contributed by atoms with Gasteiger partial charge in [-0.25, -0.2) is 18.1 Å². The zero-order chi connectivity index (χ0) is 21.4. The van der Waals surface area contributed by atoms with Crippen molar-refractivity contribution in [2.24, 2.45) is 4.99 Å². The van der Waals surface area contributed by atoms with E-state index in [2.05, 4.69) is 32.3 Å². The number of aliphatic imine (C=N–C) groups is 1. The van der Waals surface area contributed by atoms with Gasteiger partial charge in [-0.05, 0) is 38.8 Å². The topological polar surface area (TPSA) is 95.5 Å². The maximum absolute atomic E-state index is 12.3. The van der Waals surface area contributed by atoms with Gasteiger partial charge in [0.15, 0.2) is 5.96 Å². The van der Waals surface area contributed by atoms with Gasteiger partial charge >= 0.3 is 0 Å². The van der Waals surface area contributed by atoms with Crippen molar-refractivity contribution < 1.29 is 8.42 Å². The van der Waals surface area contributed by atoms with Crippen LogP contribution in [0.5, 0.6) is 0 Å². The fourth-order valence-electron chi connectivity index (χ4n) is 2.81. The number of halogens is 1. The Balaban J connectivity index is 0.00000450. The van der Waals surface area contributed by atoms with E-state index in [4.69, 9.17) is 0 Å². The van der Waals surface area contributed by atoms with Crippen molar-refractivity contribution >= 4 is 51.3 Å². The smallest absolute Gasteiger partial charge is 0.216 e. The quantitative estimate of drug-likeness (QED) is 0.247. The zero-order valence-electron chi connectivity index (χ0n) is 18.2. The van der Waals surface area contributed by atoms with E-state index < -0.39 is 10.0 Å².